The molecule has 4 aliphatic heterocycles. The van der Waals surface area contributed by atoms with Gasteiger partial charge in [-0.15, -0.1) is 0 Å². The van der Waals surface area contributed by atoms with Crippen molar-refractivity contribution in [3.63, 3.8) is 0 Å². The Hall–Kier alpha value is -5.64. The van der Waals surface area contributed by atoms with Gasteiger partial charge < -0.3 is 34.6 Å². The maximum absolute atomic E-state index is 13.8. The molecule has 66 heavy (non-hydrogen) atoms. The van der Waals surface area contributed by atoms with Gasteiger partial charge in [-0.05, 0) is 103 Å². The van der Waals surface area contributed by atoms with E-state index in [-0.39, 0.29) is 29.6 Å². The lowest BCUT2D eigenvalue weighted by molar-refractivity contribution is -0.137. The van der Waals surface area contributed by atoms with Crippen molar-refractivity contribution in [2.75, 3.05) is 93.2 Å². The van der Waals surface area contributed by atoms with Crippen LogP contribution in [0.2, 0.25) is 0 Å². The predicted molar refractivity (Wildman–Crippen MR) is 263 cm³/mol. The Kier molecular flexibility index (Phi) is 13.3. The summed E-state index contributed by atoms with van der Waals surface area (Å²) in [6, 6.07) is 16.5. The van der Waals surface area contributed by atoms with Gasteiger partial charge in [0.2, 0.25) is 23.7 Å². The van der Waals surface area contributed by atoms with E-state index in [1.165, 1.54) is 11.3 Å². The van der Waals surface area contributed by atoms with Crippen LogP contribution in [0.4, 0.5) is 34.5 Å². The molecular formula is C48H57BrN11O5P. The Bertz CT molecular complexity index is 2680. The zero-order chi connectivity index (χ0) is 46.1. The minimum absolute atomic E-state index is 0.0253. The fraction of sp³-hybridized carbons (Fsp3) is 0.438. The molecule has 346 valence electrons. The van der Waals surface area contributed by atoms with E-state index in [9.17, 15) is 18.9 Å². The monoisotopic (exact) mass is 977 g/mol. The molecular weight excluding hydrogens is 921 g/mol. The molecule has 4 aliphatic rings. The van der Waals surface area contributed by atoms with Crippen molar-refractivity contribution >= 4 is 91.6 Å². The number of anilines is 6. The summed E-state index contributed by atoms with van der Waals surface area (Å²) in [6.45, 7) is 12.3. The Morgan fingerprint density at radius 2 is 1.62 bits per heavy atom. The molecule has 0 bridgehead atoms. The highest BCUT2D eigenvalue weighted by atomic mass is 79.9. The highest BCUT2D eigenvalue weighted by molar-refractivity contribution is 9.10. The van der Waals surface area contributed by atoms with Crippen LogP contribution in [0.3, 0.4) is 0 Å². The Morgan fingerprint density at radius 1 is 0.879 bits per heavy atom. The first-order valence-electron chi connectivity index (χ1n) is 22.9. The standard InChI is InChI=1S/C48H57BrN11O5P/c1-5-30-26-39(54-48-52-28-36(49)45(56-48)53-38-12-11-37-43(51-18-17-50-37)44(38)66(3,4)64)41(65-2)27-40(30)58-20-15-34(16-21-58)57-22-24-59(25-23-57)47(63)32-14-19-60(29-32)33-8-6-31(7-9-33)35-10-13-42(61)55-46(35)62/h6-9,11-12,17-18,26-28,32,34-35H,5,10,13-16,19-25,29H2,1-4H3,(H,55,61,62)(H2,52,53,54,56)/t32-,35?/m0/s1. The highest BCUT2D eigenvalue weighted by Crippen LogP contribution is 2.42. The van der Waals surface area contributed by atoms with Crippen LogP contribution in [0.5, 0.6) is 5.75 Å². The van der Waals surface area contributed by atoms with E-state index in [1.54, 1.807) is 39.0 Å². The quantitative estimate of drug-likeness (QED) is 0.0895. The number of piperidine rings is 2. The van der Waals surface area contributed by atoms with Crippen LogP contribution in [0.1, 0.15) is 56.1 Å². The molecule has 3 N–H and O–H groups in total. The fourth-order valence-electron chi connectivity index (χ4n) is 10.1. The van der Waals surface area contributed by atoms with E-state index in [0.717, 1.165) is 88.4 Å². The van der Waals surface area contributed by atoms with E-state index in [4.69, 9.17) is 9.72 Å². The van der Waals surface area contributed by atoms with E-state index in [1.807, 2.05) is 36.4 Å². The van der Waals surface area contributed by atoms with Gasteiger partial charge in [-0.25, -0.2) is 4.98 Å². The summed E-state index contributed by atoms with van der Waals surface area (Å²) in [5, 5.41) is 9.84. The zero-order valence-corrected chi connectivity index (χ0v) is 40.4. The lowest BCUT2D eigenvalue weighted by Crippen LogP contribution is -2.55. The molecule has 4 saturated heterocycles. The van der Waals surface area contributed by atoms with Crippen molar-refractivity contribution in [3.8, 4) is 5.75 Å². The van der Waals surface area contributed by atoms with Gasteiger partial charge in [0.25, 0.3) is 0 Å². The van der Waals surface area contributed by atoms with Gasteiger partial charge in [0, 0.05) is 101 Å². The third kappa shape index (κ3) is 9.61. The molecule has 0 saturated carbocycles. The van der Waals surface area contributed by atoms with Gasteiger partial charge in [0.15, 0.2) is 0 Å². The van der Waals surface area contributed by atoms with E-state index >= 15 is 0 Å². The van der Waals surface area contributed by atoms with E-state index < -0.39 is 7.14 Å². The molecule has 0 radical (unpaired) electrons. The number of hydrogen-bond donors (Lipinski definition) is 3. The second-order valence-corrected chi connectivity index (χ2v) is 22.0. The summed E-state index contributed by atoms with van der Waals surface area (Å²) >= 11 is 3.60. The van der Waals surface area contributed by atoms with Crippen molar-refractivity contribution in [2.24, 2.45) is 5.92 Å². The van der Waals surface area contributed by atoms with Crippen LogP contribution in [-0.4, -0.2) is 126 Å². The number of imide groups is 1. The number of nitrogens with one attached hydrogen (secondary N) is 3. The molecule has 6 heterocycles. The minimum atomic E-state index is -2.78. The smallest absolute Gasteiger partial charge is 0.234 e. The summed E-state index contributed by atoms with van der Waals surface area (Å²) in [5.74, 6) is 1.06. The number of carbonyl (C=O) groups is 3. The maximum atomic E-state index is 13.8. The molecule has 16 nitrogen and oxygen atoms in total. The molecule has 0 spiro atoms. The van der Waals surface area contributed by atoms with Gasteiger partial charge in [-0.1, -0.05) is 19.1 Å². The summed E-state index contributed by atoms with van der Waals surface area (Å²) in [7, 11) is -1.11. The maximum Gasteiger partial charge on any atom is 0.234 e. The minimum Gasteiger partial charge on any atom is -0.494 e. The van der Waals surface area contributed by atoms with Crippen LogP contribution in [0.25, 0.3) is 11.0 Å². The lowest BCUT2D eigenvalue weighted by atomic mass is 9.90. The molecule has 1 unspecified atom stereocenters. The van der Waals surface area contributed by atoms with Gasteiger partial charge in [-0.2, -0.15) is 4.98 Å². The number of amides is 3. The number of benzene rings is 3. The van der Waals surface area contributed by atoms with Gasteiger partial charge in [0.05, 0.1) is 45.6 Å². The molecule has 2 aromatic heterocycles. The number of rotatable bonds is 12. The summed E-state index contributed by atoms with van der Waals surface area (Å²) in [5.41, 5.74) is 7.00. The van der Waals surface area contributed by atoms with Crippen LogP contribution >= 0.6 is 23.1 Å². The number of halogens is 1. The van der Waals surface area contributed by atoms with Gasteiger partial charge in [-0.3, -0.25) is 34.6 Å². The van der Waals surface area contributed by atoms with Crippen molar-refractivity contribution in [1.82, 2.24) is 35.1 Å². The van der Waals surface area contributed by atoms with Crippen molar-refractivity contribution < 1.29 is 23.7 Å². The number of hydrogen-bond acceptors (Lipinski definition) is 14. The van der Waals surface area contributed by atoms with E-state index in [2.05, 4.69) is 85.5 Å². The number of carbonyl (C=O) groups excluding carboxylic acids is 3. The van der Waals surface area contributed by atoms with Crippen molar-refractivity contribution in [2.45, 2.75) is 57.4 Å². The average Bonchev–Trinajstić information content (AvgIpc) is 3.83. The number of ether oxygens (including phenoxy) is 1. The largest absolute Gasteiger partial charge is 0.494 e. The molecule has 18 heteroatoms. The van der Waals surface area contributed by atoms with Crippen LogP contribution < -0.4 is 35.8 Å². The molecule has 0 aliphatic carbocycles. The number of nitrogens with zero attached hydrogens (tertiary/aromatic N) is 8. The van der Waals surface area contributed by atoms with E-state index in [0.29, 0.717) is 69.4 Å². The summed E-state index contributed by atoms with van der Waals surface area (Å²) < 4.78 is 20.1. The number of aromatic nitrogens is 4. The molecule has 5 aromatic rings. The third-order valence-electron chi connectivity index (χ3n) is 13.6. The Balaban J connectivity index is 0.787. The fourth-order valence-corrected chi connectivity index (χ4v) is 11.7. The second-order valence-electron chi connectivity index (χ2n) is 18.0. The highest BCUT2D eigenvalue weighted by Gasteiger charge is 2.36. The average molecular weight is 979 g/mol. The van der Waals surface area contributed by atoms with Crippen LogP contribution in [-0.2, 0) is 25.4 Å². The molecule has 2 atom stereocenters. The summed E-state index contributed by atoms with van der Waals surface area (Å²) in [4.78, 5) is 65.4. The first-order chi connectivity index (χ1) is 31.9. The Labute approximate surface area is 393 Å². The SMILES string of the molecule is CCc1cc(Nc2ncc(Br)c(Nc3ccc4nccnc4c3P(C)(C)=O)n2)c(OC)cc1N1CCC(N2CCN(C(=O)[C@H]3CCN(c4ccc(C5CCC(=O)NC5=O)cc4)C3)CC2)CC1. The molecule has 3 aromatic carbocycles. The van der Waals surface area contributed by atoms with Crippen LogP contribution in [0, 0.1) is 5.92 Å². The van der Waals surface area contributed by atoms with Crippen LogP contribution in [0.15, 0.2) is 71.6 Å². The zero-order valence-electron chi connectivity index (χ0n) is 37.9. The molecule has 3 amide bonds. The lowest BCUT2D eigenvalue weighted by Gasteiger charge is -2.44. The number of aryl methyl sites for hydroxylation is 1. The first-order valence-corrected chi connectivity index (χ1v) is 26.3. The predicted octanol–water partition coefficient (Wildman–Crippen LogP) is 6.65. The first kappa shape index (κ1) is 45.5. The normalized spacial score (nSPS) is 19.9. The third-order valence-corrected chi connectivity index (χ3v) is 15.7. The van der Waals surface area contributed by atoms with Crippen molar-refractivity contribution in [3.05, 3.63) is 82.7 Å². The van der Waals surface area contributed by atoms with Gasteiger partial charge in [0.1, 0.15) is 24.2 Å². The number of methoxy groups -OCH3 is 1. The molecule has 9 rings (SSSR count). The van der Waals surface area contributed by atoms with Crippen molar-refractivity contribution in [1.29, 1.82) is 0 Å². The number of piperazine rings is 1. The second kappa shape index (κ2) is 19.3. The topological polar surface area (TPSA) is 178 Å². The van der Waals surface area contributed by atoms with Gasteiger partial charge >= 0.3 is 0 Å². The molecule has 4 fully saturated rings. The summed E-state index contributed by atoms with van der Waals surface area (Å²) in [6.07, 6.45) is 9.55. The Morgan fingerprint density at radius 3 is 2.33 bits per heavy atom. The number of fused-ring (bicyclic) bond motifs is 1.